The summed E-state index contributed by atoms with van der Waals surface area (Å²) in [7, 11) is 0. The molecular weight excluding hydrogens is 316 g/mol. The van der Waals surface area contributed by atoms with Crippen molar-refractivity contribution in [2.24, 2.45) is 0 Å². The van der Waals surface area contributed by atoms with E-state index in [0.29, 0.717) is 0 Å². The van der Waals surface area contributed by atoms with E-state index in [2.05, 4.69) is 83.1 Å². The first-order valence-corrected chi connectivity index (χ1v) is 7.82. The van der Waals surface area contributed by atoms with E-state index in [1.165, 1.54) is 38.9 Å². The molecule has 0 aliphatic heterocycles. The molecule has 0 aliphatic rings. The van der Waals surface area contributed by atoms with Crippen LogP contribution < -0.4 is 0 Å². The third-order valence-electron chi connectivity index (χ3n) is 4.69. The van der Waals surface area contributed by atoms with E-state index in [0.717, 1.165) is 0 Å². The van der Waals surface area contributed by atoms with E-state index in [-0.39, 0.29) is 17.4 Å². The first-order valence-electron chi connectivity index (χ1n) is 7.82. The topological polar surface area (TPSA) is 0 Å². The molecular formula is C22H25Cr-. The summed E-state index contributed by atoms with van der Waals surface area (Å²) in [5.74, 6) is 0. The second kappa shape index (κ2) is 8.82. The van der Waals surface area contributed by atoms with Gasteiger partial charge in [-0.2, -0.15) is 27.8 Å². The Labute approximate surface area is 151 Å². The van der Waals surface area contributed by atoms with E-state index in [4.69, 9.17) is 0 Å². The summed E-state index contributed by atoms with van der Waals surface area (Å²) in [5.41, 5.74) is 9.89. The molecule has 0 unspecified atom stereocenters. The van der Waals surface area contributed by atoms with Crippen molar-refractivity contribution < 1.29 is 17.4 Å². The van der Waals surface area contributed by atoms with Gasteiger partial charge >= 0.3 is 0 Å². The summed E-state index contributed by atoms with van der Waals surface area (Å²) < 4.78 is 0. The Morgan fingerprint density at radius 3 is 1.09 bits per heavy atom. The van der Waals surface area contributed by atoms with Gasteiger partial charge in [0.1, 0.15) is 0 Å². The number of hydrogen-bond donors (Lipinski definition) is 0. The Morgan fingerprint density at radius 2 is 0.870 bits per heavy atom. The molecule has 0 aliphatic carbocycles. The fraction of sp³-hybridized carbons (Fsp3) is 0.227. The van der Waals surface area contributed by atoms with Crippen molar-refractivity contribution in [2.45, 2.75) is 34.6 Å². The Morgan fingerprint density at radius 1 is 0.565 bits per heavy atom. The largest absolute Gasteiger partial charge is 0.196 e. The molecule has 3 aromatic rings. The molecule has 0 spiro atoms. The maximum absolute atomic E-state index is 2.20. The van der Waals surface area contributed by atoms with E-state index in [9.17, 15) is 0 Å². The summed E-state index contributed by atoms with van der Waals surface area (Å²) in [6.07, 6.45) is 0. The molecule has 120 valence electrons. The molecule has 0 heterocycles. The Kier molecular flexibility index (Phi) is 7.43. The minimum absolute atomic E-state index is 0. The van der Waals surface area contributed by atoms with Gasteiger partial charge in [0.2, 0.25) is 0 Å². The third-order valence-corrected chi connectivity index (χ3v) is 4.69. The van der Waals surface area contributed by atoms with Crippen LogP contribution in [0.25, 0.3) is 11.1 Å². The van der Waals surface area contributed by atoms with Gasteiger partial charge in [-0.15, -0.1) is 0 Å². The molecule has 0 nitrogen and oxygen atoms in total. The zero-order chi connectivity index (χ0) is 16.1. The third kappa shape index (κ3) is 4.65. The number of rotatable bonds is 1. The van der Waals surface area contributed by atoms with E-state index < -0.39 is 0 Å². The molecule has 0 saturated heterocycles. The van der Waals surface area contributed by atoms with Crippen LogP contribution >= 0.6 is 0 Å². The van der Waals surface area contributed by atoms with Crippen molar-refractivity contribution in [3.8, 4) is 11.1 Å². The second-order valence-electron chi connectivity index (χ2n) is 5.86. The molecule has 0 amide bonds. The maximum Gasteiger partial charge on any atom is 0 e. The predicted molar refractivity (Wildman–Crippen MR) is 97.6 cm³/mol. The first-order chi connectivity index (χ1) is 10.5. The van der Waals surface area contributed by atoms with Gasteiger partial charge < -0.3 is 0 Å². The fourth-order valence-corrected chi connectivity index (χ4v) is 2.67. The van der Waals surface area contributed by atoms with Crippen molar-refractivity contribution in [2.75, 3.05) is 0 Å². The van der Waals surface area contributed by atoms with Crippen LogP contribution in [0.2, 0.25) is 0 Å². The van der Waals surface area contributed by atoms with Crippen LogP contribution in [0.4, 0.5) is 0 Å². The predicted octanol–water partition coefficient (Wildman–Crippen LogP) is 6.30. The van der Waals surface area contributed by atoms with Crippen LogP contribution in [0.1, 0.15) is 27.8 Å². The van der Waals surface area contributed by atoms with Crippen LogP contribution in [-0.4, -0.2) is 0 Å². The minimum atomic E-state index is 0. The van der Waals surface area contributed by atoms with Gasteiger partial charge in [-0.25, -0.2) is 0 Å². The van der Waals surface area contributed by atoms with Crippen LogP contribution in [0.3, 0.4) is 0 Å². The summed E-state index contributed by atoms with van der Waals surface area (Å²) in [4.78, 5) is 0. The SMILES string of the molecule is Cc1c(C)c(C)[c-](C)c1C.[Cr].c1ccc(-c2ccccc2)cc1. The average molecular weight is 341 g/mol. The van der Waals surface area contributed by atoms with Gasteiger partial charge in [-0.3, -0.25) is 0 Å². The summed E-state index contributed by atoms with van der Waals surface area (Å²) in [6, 6.07) is 20.8. The van der Waals surface area contributed by atoms with Crippen LogP contribution in [0.15, 0.2) is 60.7 Å². The Balaban J connectivity index is 0.000000224. The first kappa shape index (κ1) is 19.4. The van der Waals surface area contributed by atoms with Crippen LogP contribution in [0, 0.1) is 34.6 Å². The second-order valence-corrected chi connectivity index (χ2v) is 5.86. The molecule has 0 bridgehead atoms. The normalized spacial score (nSPS) is 9.61. The molecule has 3 rings (SSSR count). The number of hydrogen-bond acceptors (Lipinski definition) is 0. The van der Waals surface area contributed by atoms with E-state index >= 15 is 0 Å². The molecule has 0 atom stereocenters. The van der Waals surface area contributed by atoms with Gasteiger partial charge in [0.05, 0.1) is 0 Å². The van der Waals surface area contributed by atoms with Crippen LogP contribution in [-0.2, 0) is 17.4 Å². The van der Waals surface area contributed by atoms with E-state index in [1.54, 1.807) is 0 Å². The molecule has 0 aromatic heterocycles. The Hall–Kier alpha value is -1.68. The summed E-state index contributed by atoms with van der Waals surface area (Å²) in [5, 5.41) is 0. The van der Waals surface area contributed by atoms with Gasteiger partial charge in [0, 0.05) is 17.4 Å². The van der Waals surface area contributed by atoms with Crippen molar-refractivity contribution in [3.05, 3.63) is 88.5 Å². The van der Waals surface area contributed by atoms with Crippen molar-refractivity contribution in [1.82, 2.24) is 0 Å². The molecule has 0 radical (unpaired) electrons. The monoisotopic (exact) mass is 341 g/mol. The number of benzene rings is 2. The van der Waals surface area contributed by atoms with Crippen molar-refractivity contribution in [3.63, 3.8) is 0 Å². The maximum atomic E-state index is 2.20. The minimum Gasteiger partial charge on any atom is -0.196 e. The molecule has 0 saturated carbocycles. The molecule has 1 heteroatoms. The molecule has 3 aromatic carbocycles. The smallest absolute Gasteiger partial charge is 0 e. The summed E-state index contributed by atoms with van der Waals surface area (Å²) in [6.45, 7) is 11.0. The fourth-order valence-electron chi connectivity index (χ4n) is 2.67. The van der Waals surface area contributed by atoms with Gasteiger partial charge in [0.15, 0.2) is 0 Å². The summed E-state index contributed by atoms with van der Waals surface area (Å²) >= 11 is 0. The molecule has 23 heavy (non-hydrogen) atoms. The zero-order valence-electron chi connectivity index (χ0n) is 14.7. The quantitative estimate of drug-likeness (QED) is 0.456. The average Bonchev–Trinajstić information content (AvgIpc) is 2.75. The van der Waals surface area contributed by atoms with Gasteiger partial charge in [-0.1, -0.05) is 95.3 Å². The molecule has 0 N–H and O–H groups in total. The Bertz CT molecular complexity index is 604. The van der Waals surface area contributed by atoms with E-state index in [1.807, 2.05) is 12.1 Å². The zero-order valence-corrected chi connectivity index (χ0v) is 16.0. The standard InChI is InChI=1S/C12H10.C10H15.Cr/c1-3-7-11(8-4-1)12-9-5-2-6-10-12;1-6-7(2)9(4)10(5)8(6)3;/h1-10H;1-5H3;/q;-1;. The van der Waals surface area contributed by atoms with Gasteiger partial charge in [0.25, 0.3) is 0 Å². The van der Waals surface area contributed by atoms with Gasteiger partial charge in [-0.05, 0) is 11.1 Å². The molecule has 0 fully saturated rings. The van der Waals surface area contributed by atoms with Crippen molar-refractivity contribution in [1.29, 1.82) is 0 Å². The van der Waals surface area contributed by atoms with Crippen LogP contribution in [0.5, 0.6) is 0 Å². The van der Waals surface area contributed by atoms with Crippen molar-refractivity contribution >= 4 is 0 Å².